The number of fused-ring (bicyclic) bond motifs is 1. The van der Waals surface area contributed by atoms with Crippen LogP contribution in [-0.2, 0) is 0 Å². The highest BCUT2D eigenvalue weighted by Crippen LogP contribution is 2.20. The van der Waals surface area contributed by atoms with Crippen molar-refractivity contribution in [2.45, 2.75) is 6.92 Å². The lowest BCUT2D eigenvalue weighted by atomic mass is 10.1. The molecule has 0 fully saturated rings. The smallest absolute Gasteiger partial charge is 0.172 e. The molecule has 0 aliphatic heterocycles. The standard InChI is InChI=1S/C18H14N4/c1-13-11-17(14-7-3-2-4-8-14)21-22(13)18-12-19-15-9-5-6-10-16(15)20-18/h2-12H,1H3. The molecule has 2 heterocycles. The number of aromatic nitrogens is 4. The van der Waals surface area contributed by atoms with Gasteiger partial charge in [0.15, 0.2) is 5.82 Å². The van der Waals surface area contributed by atoms with E-state index in [1.54, 1.807) is 6.20 Å². The fraction of sp³-hybridized carbons (Fsp3) is 0.0556. The topological polar surface area (TPSA) is 43.6 Å². The molecule has 0 radical (unpaired) electrons. The van der Waals surface area contributed by atoms with Gasteiger partial charge >= 0.3 is 0 Å². The van der Waals surface area contributed by atoms with Gasteiger partial charge in [0.05, 0.1) is 22.9 Å². The van der Waals surface area contributed by atoms with Gasteiger partial charge in [0.25, 0.3) is 0 Å². The first kappa shape index (κ1) is 12.7. The highest BCUT2D eigenvalue weighted by molar-refractivity contribution is 5.74. The zero-order valence-corrected chi connectivity index (χ0v) is 12.1. The van der Waals surface area contributed by atoms with Gasteiger partial charge in [0, 0.05) is 11.3 Å². The van der Waals surface area contributed by atoms with E-state index >= 15 is 0 Å². The lowest BCUT2D eigenvalue weighted by Gasteiger charge is -2.04. The molecule has 0 saturated heterocycles. The van der Waals surface area contributed by atoms with Crippen molar-refractivity contribution in [2.75, 3.05) is 0 Å². The lowest BCUT2D eigenvalue weighted by molar-refractivity contribution is 0.819. The summed E-state index contributed by atoms with van der Waals surface area (Å²) in [6.07, 6.45) is 1.76. The van der Waals surface area contributed by atoms with Crippen LogP contribution in [0.2, 0.25) is 0 Å². The van der Waals surface area contributed by atoms with Crippen LogP contribution in [0.15, 0.2) is 66.9 Å². The van der Waals surface area contributed by atoms with E-state index in [1.165, 1.54) is 0 Å². The van der Waals surface area contributed by atoms with Crippen molar-refractivity contribution < 1.29 is 0 Å². The van der Waals surface area contributed by atoms with E-state index in [4.69, 9.17) is 0 Å². The predicted octanol–water partition coefficient (Wildman–Crippen LogP) is 3.79. The van der Waals surface area contributed by atoms with Crippen LogP contribution < -0.4 is 0 Å². The first-order chi connectivity index (χ1) is 10.8. The zero-order chi connectivity index (χ0) is 14.9. The average molecular weight is 286 g/mol. The number of hydrogen-bond donors (Lipinski definition) is 0. The summed E-state index contributed by atoms with van der Waals surface area (Å²) in [6, 6.07) is 20.0. The molecule has 4 nitrogen and oxygen atoms in total. The number of rotatable bonds is 2. The Kier molecular flexibility index (Phi) is 2.93. The van der Waals surface area contributed by atoms with Crippen molar-refractivity contribution in [3.63, 3.8) is 0 Å². The van der Waals surface area contributed by atoms with E-state index in [-0.39, 0.29) is 0 Å². The third kappa shape index (κ3) is 2.15. The Balaban J connectivity index is 1.83. The maximum Gasteiger partial charge on any atom is 0.172 e. The molecule has 0 spiro atoms. The molecule has 2 aromatic carbocycles. The molecule has 106 valence electrons. The lowest BCUT2D eigenvalue weighted by Crippen LogP contribution is -2.02. The second-order valence-corrected chi connectivity index (χ2v) is 5.17. The first-order valence-electron chi connectivity index (χ1n) is 7.15. The van der Waals surface area contributed by atoms with E-state index in [1.807, 2.05) is 54.1 Å². The molecule has 0 saturated carbocycles. The van der Waals surface area contributed by atoms with Gasteiger partial charge in [0.1, 0.15) is 0 Å². The molecule has 0 unspecified atom stereocenters. The van der Waals surface area contributed by atoms with Gasteiger partial charge < -0.3 is 0 Å². The van der Waals surface area contributed by atoms with Crippen LogP contribution in [0.25, 0.3) is 28.1 Å². The Hall–Kier alpha value is -3.01. The maximum absolute atomic E-state index is 4.67. The third-order valence-corrected chi connectivity index (χ3v) is 3.61. The second kappa shape index (κ2) is 5.07. The quantitative estimate of drug-likeness (QED) is 0.563. The predicted molar refractivity (Wildman–Crippen MR) is 86.8 cm³/mol. The maximum atomic E-state index is 4.67. The monoisotopic (exact) mass is 286 g/mol. The second-order valence-electron chi connectivity index (χ2n) is 5.17. The van der Waals surface area contributed by atoms with Crippen molar-refractivity contribution >= 4 is 11.0 Å². The summed E-state index contributed by atoms with van der Waals surface area (Å²) in [5.74, 6) is 0.735. The van der Waals surface area contributed by atoms with E-state index in [0.29, 0.717) is 0 Å². The van der Waals surface area contributed by atoms with E-state index < -0.39 is 0 Å². The van der Waals surface area contributed by atoms with Gasteiger partial charge in [-0.05, 0) is 25.1 Å². The van der Waals surface area contributed by atoms with Crippen molar-refractivity contribution in [3.8, 4) is 17.1 Å². The molecule has 4 aromatic rings. The van der Waals surface area contributed by atoms with Crippen molar-refractivity contribution in [1.29, 1.82) is 0 Å². The van der Waals surface area contributed by atoms with Crippen LogP contribution in [0, 0.1) is 6.92 Å². The van der Waals surface area contributed by atoms with Crippen LogP contribution in [0.1, 0.15) is 5.69 Å². The van der Waals surface area contributed by atoms with Crippen LogP contribution in [0.4, 0.5) is 0 Å². The van der Waals surface area contributed by atoms with Gasteiger partial charge in [0.2, 0.25) is 0 Å². The number of para-hydroxylation sites is 2. The van der Waals surface area contributed by atoms with Crippen LogP contribution in [-0.4, -0.2) is 19.7 Å². The van der Waals surface area contributed by atoms with Crippen LogP contribution in [0.5, 0.6) is 0 Å². The Morgan fingerprint density at radius 3 is 2.41 bits per heavy atom. The first-order valence-corrected chi connectivity index (χ1v) is 7.15. The summed E-state index contributed by atoms with van der Waals surface area (Å²) in [6.45, 7) is 2.02. The molecule has 0 atom stereocenters. The minimum Gasteiger partial charge on any atom is -0.251 e. The molecule has 0 aliphatic carbocycles. The molecule has 0 amide bonds. The van der Waals surface area contributed by atoms with Crippen molar-refractivity contribution in [3.05, 3.63) is 72.6 Å². The summed E-state index contributed by atoms with van der Waals surface area (Å²) >= 11 is 0. The fourth-order valence-electron chi connectivity index (χ4n) is 2.51. The summed E-state index contributed by atoms with van der Waals surface area (Å²) < 4.78 is 1.84. The molecule has 0 bridgehead atoms. The van der Waals surface area contributed by atoms with Gasteiger partial charge in [-0.1, -0.05) is 42.5 Å². The molecule has 22 heavy (non-hydrogen) atoms. The molecule has 0 aliphatic rings. The van der Waals surface area contributed by atoms with Crippen molar-refractivity contribution in [2.24, 2.45) is 0 Å². The van der Waals surface area contributed by atoms with E-state index in [2.05, 4.69) is 33.3 Å². The third-order valence-electron chi connectivity index (χ3n) is 3.61. The van der Waals surface area contributed by atoms with E-state index in [0.717, 1.165) is 33.8 Å². The summed E-state index contributed by atoms with van der Waals surface area (Å²) in [5.41, 5.74) is 4.82. The number of benzene rings is 2. The SMILES string of the molecule is Cc1cc(-c2ccccc2)nn1-c1cnc2ccccc2n1. The molecule has 0 N–H and O–H groups in total. The summed E-state index contributed by atoms with van der Waals surface area (Å²) in [5, 5.41) is 4.67. The largest absolute Gasteiger partial charge is 0.251 e. The number of aryl methyl sites for hydroxylation is 1. The minimum absolute atomic E-state index is 0.735. The summed E-state index contributed by atoms with van der Waals surface area (Å²) in [7, 11) is 0. The number of nitrogens with zero attached hydrogens (tertiary/aromatic N) is 4. The average Bonchev–Trinajstić information content (AvgIpc) is 2.97. The van der Waals surface area contributed by atoms with Crippen LogP contribution in [0.3, 0.4) is 0 Å². The Morgan fingerprint density at radius 1 is 0.864 bits per heavy atom. The van der Waals surface area contributed by atoms with Gasteiger partial charge in [-0.2, -0.15) is 5.10 Å². The summed E-state index contributed by atoms with van der Waals surface area (Å²) in [4.78, 5) is 9.11. The Morgan fingerprint density at radius 2 is 1.59 bits per heavy atom. The van der Waals surface area contributed by atoms with Crippen LogP contribution >= 0.6 is 0 Å². The highest BCUT2D eigenvalue weighted by atomic mass is 15.3. The fourth-order valence-corrected chi connectivity index (χ4v) is 2.51. The Labute approximate surface area is 128 Å². The van der Waals surface area contributed by atoms with Crippen molar-refractivity contribution in [1.82, 2.24) is 19.7 Å². The normalized spacial score (nSPS) is 11.0. The molecule has 2 aromatic heterocycles. The van der Waals surface area contributed by atoms with E-state index in [9.17, 15) is 0 Å². The van der Waals surface area contributed by atoms with Gasteiger partial charge in [-0.3, -0.25) is 4.98 Å². The minimum atomic E-state index is 0.735. The van der Waals surface area contributed by atoms with Gasteiger partial charge in [-0.25, -0.2) is 9.67 Å². The molecule has 4 heteroatoms. The Bertz CT molecular complexity index is 942. The zero-order valence-electron chi connectivity index (χ0n) is 12.1. The highest BCUT2D eigenvalue weighted by Gasteiger charge is 2.09. The molecular formula is C18H14N4. The molecule has 4 rings (SSSR count). The number of hydrogen-bond acceptors (Lipinski definition) is 3. The molecular weight excluding hydrogens is 272 g/mol. The van der Waals surface area contributed by atoms with Gasteiger partial charge in [-0.15, -0.1) is 0 Å².